The largest absolute Gasteiger partial charge is 0.295 e. The molecule has 12 rings (SSSR count). The zero-order valence-corrected chi connectivity index (χ0v) is 26.8. The zero-order valence-electron chi connectivity index (χ0n) is 26.8. The summed E-state index contributed by atoms with van der Waals surface area (Å²) in [7, 11) is 0. The summed E-state index contributed by atoms with van der Waals surface area (Å²) in [5, 5.41) is 0. The topological polar surface area (TPSA) is 40.0 Å². The van der Waals surface area contributed by atoms with E-state index in [2.05, 4.69) is 177 Å². The lowest BCUT2D eigenvalue weighted by molar-refractivity contribution is 0.738. The first-order valence-electron chi connectivity index (χ1n) is 17.1. The highest BCUT2D eigenvalue weighted by Crippen LogP contribution is 2.62. The zero-order chi connectivity index (χ0) is 32.6. The van der Waals surface area contributed by atoms with E-state index in [9.17, 15) is 0 Å². The lowest BCUT2D eigenvalue weighted by atomic mass is 9.73. The summed E-state index contributed by atoms with van der Waals surface area (Å²) in [6.07, 6.45) is 0. The van der Waals surface area contributed by atoms with Crippen LogP contribution >= 0.6 is 0 Å². The third-order valence-corrected chi connectivity index (χ3v) is 11.0. The first kappa shape index (κ1) is 26.3. The summed E-state index contributed by atoms with van der Waals surface area (Å²) in [5.41, 5.74) is 17.0. The molecule has 1 atom stereocenters. The Labute approximate surface area is 287 Å². The molecule has 10 aromatic rings. The molecule has 5 nitrogen and oxygen atoms in total. The Morgan fingerprint density at radius 3 is 2.00 bits per heavy atom. The molecule has 1 aliphatic carbocycles. The van der Waals surface area contributed by atoms with Crippen molar-refractivity contribution in [2.45, 2.75) is 5.41 Å². The van der Waals surface area contributed by atoms with Gasteiger partial charge in [0, 0.05) is 5.69 Å². The van der Waals surface area contributed by atoms with E-state index in [1.807, 2.05) is 0 Å². The Morgan fingerprint density at radius 2 is 1.12 bits per heavy atom. The van der Waals surface area contributed by atoms with Gasteiger partial charge >= 0.3 is 0 Å². The van der Waals surface area contributed by atoms with Crippen LogP contribution in [0, 0.1) is 0 Å². The van der Waals surface area contributed by atoms with E-state index in [0.29, 0.717) is 0 Å². The number of aromatic nitrogens is 5. The fraction of sp³-hybridized carbons (Fsp3) is 0.0222. The average molecular weight is 638 g/mol. The molecule has 1 aliphatic heterocycles. The number of rotatable bonds is 2. The van der Waals surface area contributed by atoms with Crippen molar-refractivity contribution < 1.29 is 0 Å². The normalized spacial score (nSPS) is 15.7. The predicted octanol–water partition coefficient (Wildman–Crippen LogP) is 10.1. The number of benzene rings is 7. The van der Waals surface area contributed by atoms with Gasteiger partial charge in [-0.05, 0) is 93.5 Å². The lowest BCUT2D eigenvalue weighted by Gasteiger charge is -2.27. The van der Waals surface area contributed by atoms with E-state index in [4.69, 9.17) is 9.97 Å². The standard InChI is InChI=1S/C45H27N5/c1-2-13-29(14-3-1)48-40-26-25-28(27-41(40)50-39-24-11-8-21-36(39)47-44(48)50)30-16-12-19-34-42(30)31-15-4-5-17-32(31)45(34)33-18-6-9-22-37(33)49-38-23-10-7-20-35(38)46-43(45)49/h1-27H. The van der Waals surface area contributed by atoms with Gasteiger partial charge in [0.15, 0.2) is 0 Å². The Kier molecular flexibility index (Phi) is 4.86. The van der Waals surface area contributed by atoms with Gasteiger partial charge in [-0.2, -0.15) is 0 Å². The van der Waals surface area contributed by atoms with E-state index >= 15 is 0 Å². The van der Waals surface area contributed by atoms with Gasteiger partial charge in [-0.1, -0.05) is 109 Å². The molecular formula is C45H27N5. The molecule has 1 spiro atoms. The summed E-state index contributed by atoms with van der Waals surface area (Å²) in [4.78, 5) is 10.6. The average Bonchev–Trinajstić information content (AvgIpc) is 3.95. The third-order valence-electron chi connectivity index (χ3n) is 11.0. The number of nitrogens with zero attached hydrogens (tertiary/aromatic N) is 5. The summed E-state index contributed by atoms with van der Waals surface area (Å²) in [6, 6.07) is 59.1. The van der Waals surface area contributed by atoms with Gasteiger partial charge in [0.2, 0.25) is 5.78 Å². The van der Waals surface area contributed by atoms with Crippen LogP contribution in [0.3, 0.4) is 0 Å². The smallest absolute Gasteiger partial charge is 0.220 e. The number of hydrogen-bond donors (Lipinski definition) is 0. The highest BCUT2D eigenvalue weighted by molar-refractivity contribution is 6.00. The van der Waals surface area contributed by atoms with Gasteiger partial charge in [0.05, 0.1) is 38.8 Å². The van der Waals surface area contributed by atoms with Crippen molar-refractivity contribution in [3.05, 3.63) is 186 Å². The van der Waals surface area contributed by atoms with Gasteiger partial charge in [-0.15, -0.1) is 0 Å². The van der Waals surface area contributed by atoms with E-state index in [1.54, 1.807) is 0 Å². The van der Waals surface area contributed by atoms with Crippen molar-refractivity contribution in [3.8, 4) is 33.6 Å². The molecule has 0 saturated heterocycles. The minimum Gasteiger partial charge on any atom is -0.295 e. The molecule has 0 bridgehead atoms. The van der Waals surface area contributed by atoms with Gasteiger partial charge < -0.3 is 0 Å². The van der Waals surface area contributed by atoms with Crippen molar-refractivity contribution in [2.75, 3.05) is 0 Å². The molecule has 5 heteroatoms. The molecule has 0 radical (unpaired) electrons. The van der Waals surface area contributed by atoms with Gasteiger partial charge in [-0.3, -0.25) is 13.5 Å². The van der Waals surface area contributed by atoms with Gasteiger partial charge in [0.25, 0.3) is 0 Å². The molecule has 3 aromatic heterocycles. The van der Waals surface area contributed by atoms with Crippen molar-refractivity contribution in [3.63, 3.8) is 0 Å². The van der Waals surface area contributed by atoms with Crippen LogP contribution in [0.25, 0.3) is 72.5 Å². The van der Waals surface area contributed by atoms with Crippen LogP contribution in [0.4, 0.5) is 0 Å². The first-order chi connectivity index (χ1) is 24.8. The Bertz CT molecular complexity index is 3050. The minimum absolute atomic E-state index is 0.536. The van der Waals surface area contributed by atoms with Gasteiger partial charge in [0.1, 0.15) is 11.2 Å². The van der Waals surface area contributed by atoms with Crippen LogP contribution in [-0.2, 0) is 5.41 Å². The first-order valence-corrected chi connectivity index (χ1v) is 17.1. The Hall–Kier alpha value is -6.72. The molecular weight excluding hydrogens is 611 g/mol. The fourth-order valence-corrected chi connectivity index (χ4v) is 9.13. The maximum absolute atomic E-state index is 5.42. The minimum atomic E-state index is -0.536. The molecule has 232 valence electrons. The number of para-hydroxylation sites is 6. The molecule has 0 fully saturated rings. The number of fused-ring (bicyclic) bond motifs is 17. The Morgan fingerprint density at radius 1 is 0.440 bits per heavy atom. The van der Waals surface area contributed by atoms with Crippen molar-refractivity contribution in [1.82, 2.24) is 23.5 Å². The monoisotopic (exact) mass is 637 g/mol. The lowest BCUT2D eigenvalue weighted by Crippen LogP contribution is -2.27. The molecule has 50 heavy (non-hydrogen) atoms. The summed E-state index contributed by atoms with van der Waals surface area (Å²) >= 11 is 0. The summed E-state index contributed by atoms with van der Waals surface area (Å²) in [5.74, 6) is 1.97. The molecule has 7 aromatic carbocycles. The molecule has 0 amide bonds. The highest BCUT2D eigenvalue weighted by atomic mass is 15.2. The van der Waals surface area contributed by atoms with E-state index in [1.165, 1.54) is 44.6 Å². The maximum Gasteiger partial charge on any atom is 0.220 e. The second-order valence-electron chi connectivity index (χ2n) is 13.4. The van der Waals surface area contributed by atoms with Crippen LogP contribution < -0.4 is 0 Å². The predicted molar refractivity (Wildman–Crippen MR) is 200 cm³/mol. The maximum atomic E-state index is 5.42. The van der Waals surface area contributed by atoms with E-state index in [-0.39, 0.29) is 0 Å². The van der Waals surface area contributed by atoms with Crippen LogP contribution in [0.5, 0.6) is 0 Å². The van der Waals surface area contributed by atoms with Crippen LogP contribution in [0.1, 0.15) is 22.5 Å². The number of hydrogen-bond acceptors (Lipinski definition) is 2. The SMILES string of the molecule is c1ccc(-n2c3ccc(-c4cccc5c4-c4ccccc4C54c5ccccc5-n5c4nc4ccccc45)cc3n3c4ccccc4nc23)cc1. The summed E-state index contributed by atoms with van der Waals surface area (Å²) in [6.45, 7) is 0. The fourth-order valence-electron chi connectivity index (χ4n) is 9.13. The molecule has 1 unspecified atom stereocenters. The van der Waals surface area contributed by atoms with Gasteiger partial charge in [-0.25, -0.2) is 9.97 Å². The molecule has 4 heterocycles. The highest BCUT2D eigenvalue weighted by Gasteiger charge is 2.54. The molecule has 0 N–H and O–H groups in total. The molecule has 2 aliphatic rings. The second kappa shape index (κ2) is 9.24. The van der Waals surface area contributed by atoms with Crippen molar-refractivity contribution in [2.24, 2.45) is 0 Å². The van der Waals surface area contributed by atoms with E-state index in [0.717, 1.165) is 50.4 Å². The summed E-state index contributed by atoms with van der Waals surface area (Å²) < 4.78 is 6.98. The van der Waals surface area contributed by atoms with Crippen molar-refractivity contribution in [1.29, 1.82) is 0 Å². The number of imidazole rings is 3. The second-order valence-corrected chi connectivity index (χ2v) is 13.4. The quantitative estimate of drug-likeness (QED) is 0.189. The van der Waals surface area contributed by atoms with Crippen molar-refractivity contribution >= 4 is 38.9 Å². The molecule has 0 saturated carbocycles. The Balaban J connectivity index is 1.18. The van der Waals surface area contributed by atoms with E-state index < -0.39 is 5.41 Å². The van der Waals surface area contributed by atoms with Crippen LogP contribution in [0.2, 0.25) is 0 Å². The third kappa shape index (κ3) is 3.05. The van der Waals surface area contributed by atoms with Crippen LogP contribution in [-0.4, -0.2) is 23.5 Å². The van der Waals surface area contributed by atoms with Crippen LogP contribution in [0.15, 0.2) is 164 Å².